The first-order valence-electron chi connectivity index (χ1n) is 10.5. The van der Waals surface area contributed by atoms with Gasteiger partial charge in [-0.3, -0.25) is 9.59 Å². The summed E-state index contributed by atoms with van der Waals surface area (Å²) >= 11 is 0. The molecule has 4 atom stereocenters. The third-order valence-corrected chi connectivity index (χ3v) is 4.98. The van der Waals surface area contributed by atoms with Crippen molar-refractivity contribution in [1.29, 1.82) is 0 Å². The first kappa shape index (κ1) is 25.3. The van der Waals surface area contributed by atoms with Crippen LogP contribution in [0.4, 0.5) is 0 Å². The molecule has 0 saturated carbocycles. The Balaban J connectivity index is 4.78. The highest BCUT2D eigenvalue weighted by Gasteiger charge is 2.30. The molecular weight excluding hydrogens is 324 g/mol. The van der Waals surface area contributed by atoms with Crippen molar-refractivity contribution in [2.45, 2.75) is 106 Å². The molecule has 0 fully saturated rings. The van der Waals surface area contributed by atoms with Crippen LogP contribution in [-0.2, 0) is 9.59 Å². The largest absolute Gasteiger partial charge is 0.305 e. The zero-order chi connectivity index (χ0) is 20.6. The topological polar surface area (TPSA) is 58.2 Å². The Kier molecular flexibility index (Phi) is 11.5. The minimum Gasteiger partial charge on any atom is -0.305 e. The molecule has 2 N–H and O–H groups in total. The Hall–Kier alpha value is -0.740. The first-order chi connectivity index (χ1) is 11.9. The van der Waals surface area contributed by atoms with Gasteiger partial charge in [-0.1, -0.05) is 69.2 Å². The summed E-state index contributed by atoms with van der Waals surface area (Å²) in [6, 6.07) is 0.352. The van der Waals surface area contributed by atoms with E-state index < -0.39 is 0 Å². The third kappa shape index (κ3) is 8.77. The van der Waals surface area contributed by atoms with Crippen LogP contribution in [0.1, 0.15) is 82.1 Å². The highest BCUT2D eigenvalue weighted by molar-refractivity contribution is 5.87. The number of Topliss-reactive ketones (excluding diaryl/α,β-unsaturated/α-hetero) is 2. The standard InChI is InChI=1S/C22H44N2O2/c1-13(2)19(23-15(5)6)21(25)17(9)11-12-18(10)22(26)20(14(3)4)24-16(7)8/h13-20,23-24H,11-12H2,1-10H3/t17?,18?,19-,20-/m0/s1. The van der Waals surface area contributed by atoms with Crippen LogP contribution in [0.5, 0.6) is 0 Å². The molecule has 0 aliphatic carbocycles. The minimum absolute atomic E-state index is 0.0283. The molecule has 2 unspecified atom stereocenters. The van der Waals surface area contributed by atoms with E-state index in [4.69, 9.17) is 0 Å². The second kappa shape index (κ2) is 11.9. The molecule has 26 heavy (non-hydrogen) atoms. The van der Waals surface area contributed by atoms with Gasteiger partial charge in [-0.05, 0) is 24.7 Å². The maximum Gasteiger partial charge on any atom is 0.152 e. The van der Waals surface area contributed by atoms with Crippen molar-refractivity contribution >= 4 is 11.6 Å². The quantitative estimate of drug-likeness (QED) is 0.511. The Morgan fingerprint density at radius 3 is 1.04 bits per heavy atom. The van der Waals surface area contributed by atoms with E-state index in [0.717, 1.165) is 12.8 Å². The number of nitrogens with one attached hydrogen (secondary N) is 2. The minimum atomic E-state index is -0.109. The van der Waals surface area contributed by atoms with Gasteiger partial charge >= 0.3 is 0 Å². The zero-order valence-corrected chi connectivity index (χ0v) is 18.8. The molecule has 0 radical (unpaired) electrons. The summed E-state index contributed by atoms with van der Waals surface area (Å²) in [6.45, 7) is 20.6. The van der Waals surface area contributed by atoms with Gasteiger partial charge in [-0.15, -0.1) is 0 Å². The molecule has 0 rings (SSSR count). The highest BCUT2D eigenvalue weighted by atomic mass is 16.1. The van der Waals surface area contributed by atoms with Crippen LogP contribution in [0, 0.1) is 23.7 Å². The van der Waals surface area contributed by atoms with E-state index in [1.54, 1.807) is 0 Å². The van der Waals surface area contributed by atoms with Crippen LogP contribution >= 0.6 is 0 Å². The lowest BCUT2D eigenvalue weighted by Crippen LogP contribution is -2.47. The van der Waals surface area contributed by atoms with Gasteiger partial charge < -0.3 is 10.6 Å². The number of carbonyl (C=O) groups is 2. The maximum absolute atomic E-state index is 12.8. The van der Waals surface area contributed by atoms with Gasteiger partial charge in [-0.25, -0.2) is 0 Å². The fraction of sp³-hybridized carbons (Fsp3) is 0.909. The third-order valence-electron chi connectivity index (χ3n) is 4.98. The predicted octanol–water partition coefficient (Wildman–Crippen LogP) is 4.22. The van der Waals surface area contributed by atoms with E-state index in [1.807, 2.05) is 13.8 Å². The van der Waals surface area contributed by atoms with Crippen molar-refractivity contribution in [3.63, 3.8) is 0 Å². The molecule has 0 aliphatic rings. The van der Waals surface area contributed by atoms with E-state index in [1.165, 1.54) is 0 Å². The molecule has 4 heteroatoms. The van der Waals surface area contributed by atoms with E-state index >= 15 is 0 Å². The summed E-state index contributed by atoms with van der Waals surface area (Å²) in [5.41, 5.74) is 0. The van der Waals surface area contributed by atoms with E-state index in [9.17, 15) is 9.59 Å². The lowest BCUT2D eigenvalue weighted by atomic mass is 9.84. The van der Waals surface area contributed by atoms with Crippen LogP contribution < -0.4 is 10.6 Å². The molecule has 0 aromatic carbocycles. The molecule has 0 spiro atoms. The summed E-state index contributed by atoms with van der Waals surface area (Å²) < 4.78 is 0. The van der Waals surface area contributed by atoms with Crippen LogP contribution in [0.2, 0.25) is 0 Å². The van der Waals surface area contributed by atoms with Crippen LogP contribution in [0.25, 0.3) is 0 Å². The molecule has 0 heterocycles. The Bertz CT molecular complexity index is 390. The number of hydrogen-bond donors (Lipinski definition) is 2. The smallest absolute Gasteiger partial charge is 0.152 e. The predicted molar refractivity (Wildman–Crippen MR) is 111 cm³/mol. The van der Waals surface area contributed by atoms with Crippen molar-refractivity contribution in [3.8, 4) is 0 Å². The fourth-order valence-corrected chi connectivity index (χ4v) is 3.32. The van der Waals surface area contributed by atoms with Crippen molar-refractivity contribution < 1.29 is 9.59 Å². The van der Waals surface area contributed by atoms with Crippen molar-refractivity contribution in [1.82, 2.24) is 10.6 Å². The van der Waals surface area contributed by atoms with E-state index in [-0.39, 0.29) is 59.4 Å². The molecule has 0 aromatic heterocycles. The summed E-state index contributed by atoms with van der Waals surface area (Å²) in [5, 5.41) is 6.80. The van der Waals surface area contributed by atoms with Crippen molar-refractivity contribution in [2.75, 3.05) is 0 Å². The van der Waals surface area contributed by atoms with Gasteiger partial charge in [0.1, 0.15) is 0 Å². The number of carbonyl (C=O) groups excluding carboxylic acids is 2. The molecule has 154 valence electrons. The SMILES string of the molecule is CC(C)N[C@H](C(=O)C(C)CCC(C)C(=O)[C@@H](NC(C)C)C(C)C)C(C)C. The molecule has 0 aromatic rings. The van der Waals surface area contributed by atoms with Crippen LogP contribution in [0.3, 0.4) is 0 Å². The van der Waals surface area contributed by atoms with Crippen LogP contribution in [-0.4, -0.2) is 35.7 Å². The lowest BCUT2D eigenvalue weighted by molar-refractivity contribution is -0.128. The summed E-state index contributed by atoms with van der Waals surface area (Å²) in [4.78, 5) is 25.7. The summed E-state index contributed by atoms with van der Waals surface area (Å²) in [7, 11) is 0. The van der Waals surface area contributed by atoms with Crippen LogP contribution in [0.15, 0.2) is 0 Å². The molecule has 4 nitrogen and oxygen atoms in total. The first-order valence-corrected chi connectivity index (χ1v) is 10.5. The van der Waals surface area contributed by atoms with Gasteiger partial charge in [0.15, 0.2) is 11.6 Å². The fourth-order valence-electron chi connectivity index (χ4n) is 3.32. The monoisotopic (exact) mass is 368 g/mol. The Labute approximate surface area is 162 Å². The molecular formula is C22H44N2O2. The summed E-state index contributed by atoms with van der Waals surface area (Å²) in [5.74, 6) is 1.03. The van der Waals surface area contributed by atoms with Gasteiger partial charge in [0.25, 0.3) is 0 Å². The van der Waals surface area contributed by atoms with Crippen molar-refractivity contribution in [3.05, 3.63) is 0 Å². The lowest BCUT2D eigenvalue weighted by Gasteiger charge is -2.28. The molecule has 0 saturated heterocycles. The second-order valence-corrected chi connectivity index (χ2v) is 9.27. The summed E-state index contributed by atoms with van der Waals surface area (Å²) in [6.07, 6.45) is 1.53. The molecule has 0 bridgehead atoms. The average Bonchev–Trinajstić information content (AvgIpc) is 2.52. The molecule has 0 aliphatic heterocycles. The van der Waals surface area contributed by atoms with Gasteiger partial charge in [0.05, 0.1) is 12.1 Å². The van der Waals surface area contributed by atoms with E-state index in [0.29, 0.717) is 0 Å². The number of hydrogen-bond acceptors (Lipinski definition) is 4. The Morgan fingerprint density at radius 2 is 0.846 bits per heavy atom. The number of rotatable bonds is 13. The van der Waals surface area contributed by atoms with Gasteiger partial charge in [0.2, 0.25) is 0 Å². The number of ketones is 2. The van der Waals surface area contributed by atoms with Gasteiger partial charge in [0, 0.05) is 23.9 Å². The van der Waals surface area contributed by atoms with Crippen molar-refractivity contribution in [2.24, 2.45) is 23.7 Å². The zero-order valence-electron chi connectivity index (χ0n) is 18.8. The highest BCUT2D eigenvalue weighted by Crippen LogP contribution is 2.20. The van der Waals surface area contributed by atoms with Gasteiger partial charge in [-0.2, -0.15) is 0 Å². The second-order valence-electron chi connectivity index (χ2n) is 9.27. The maximum atomic E-state index is 12.8. The molecule has 0 amide bonds. The average molecular weight is 369 g/mol. The normalized spacial score (nSPS) is 17.0. The Morgan fingerprint density at radius 1 is 0.577 bits per heavy atom. The van der Waals surface area contributed by atoms with E-state index in [2.05, 4.69) is 66.0 Å².